The summed E-state index contributed by atoms with van der Waals surface area (Å²) in [6, 6.07) is 19.9. The molecule has 2 aromatic carbocycles. The molecule has 2 saturated carbocycles. The Bertz CT molecular complexity index is 1120. The van der Waals surface area contributed by atoms with Crippen LogP contribution in [0.1, 0.15) is 72.3 Å². The molecular weight excluding hydrogens is 611 g/mol. The minimum atomic E-state index is -0.340. The first kappa shape index (κ1) is 28.0. The molecule has 1 aromatic heterocycles. The SMILES string of the molecule is CC(C)c1ccc2cc(-c3[c-]cccc3)ncc2c1.CC1(C)CCC2CC(C)(C)C(O)C2C1O.[Ir]. The molecule has 4 heteroatoms. The molecule has 4 unspecified atom stereocenters. The third-order valence-electron chi connectivity index (χ3n) is 8.22. The number of hydrogen-bond donors (Lipinski definition) is 2. The molecule has 35 heavy (non-hydrogen) atoms. The first-order valence-corrected chi connectivity index (χ1v) is 12.7. The summed E-state index contributed by atoms with van der Waals surface area (Å²) in [6.07, 6.45) is 4.58. The van der Waals surface area contributed by atoms with Crippen LogP contribution < -0.4 is 0 Å². The van der Waals surface area contributed by atoms with Crippen molar-refractivity contribution >= 4 is 10.8 Å². The van der Waals surface area contributed by atoms with Crippen LogP contribution in [0.5, 0.6) is 0 Å². The standard InChI is InChI=1S/C18H16N.C13H24O2.Ir/c1-13(2)15-8-9-16-11-18(19-12-17(16)10-15)14-6-4-3-5-7-14;1-12(2)6-5-8-7-13(3,4)11(15)9(8)10(12)14;/h3-6,8-13H,1-2H3;8-11,14-15H,5-7H2,1-4H3;/q-1;;. The minimum Gasteiger partial charge on any atom is -0.392 e. The van der Waals surface area contributed by atoms with Crippen LogP contribution in [0.15, 0.2) is 54.7 Å². The quantitative estimate of drug-likeness (QED) is 0.294. The fraction of sp³-hybridized carbons (Fsp3) is 0.516. The van der Waals surface area contributed by atoms with Crippen molar-refractivity contribution < 1.29 is 30.3 Å². The summed E-state index contributed by atoms with van der Waals surface area (Å²) in [5.41, 5.74) is 3.33. The normalized spacial score (nSPS) is 26.4. The number of hydrogen-bond acceptors (Lipinski definition) is 3. The molecule has 2 aliphatic carbocycles. The van der Waals surface area contributed by atoms with Gasteiger partial charge in [-0.2, -0.15) is 0 Å². The number of aromatic nitrogens is 1. The van der Waals surface area contributed by atoms with Crippen molar-refractivity contribution in [2.24, 2.45) is 22.7 Å². The molecule has 191 valence electrons. The molecule has 3 aromatic rings. The van der Waals surface area contributed by atoms with Crippen LogP contribution in [0.3, 0.4) is 0 Å². The number of aliphatic hydroxyl groups excluding tert-OH is 2. The Morgan fingerprint density at radius 1 is 0.943 bits per heavy atom. The smallest absolute Gasteiger partial charge is 0.0646 e. The number of fused-ring (bicyclic) bond motifs is 2. The van der Waals surface area contributed by atoms with Crippen LogP contribution in [-0.4, -0.2) is 27.4 Å². The Balaban J connectivity index is 0.000000195. The van der Waals surface area contributed by atoms with Gasteiger partial charge in [-0.05, 0) is 70.0 Å². The van der Waals surface area contributed by atoms with E-state index in [-0.39, 0.29) is 49.1 Å². The largest absolute Gasteiger partial charge is 0.392 e. The molecule has 3 nitrogen and oxygen atoms in total. The van der Waals surface area contributed by atoms with Crippen molar-refractivity contribution in [3.63, 3.8) is 0 Å². The molecule has 2 N–H and O–H groups in total. The van der Waals surface area contributed by atoms with Gasteiger partial charge in [-0.25, -0.2) is 0 Å². The maximum absolute atomic E-state index is 10.3. The van der Waals surface area contributed by atoms with Gasteiger partial charge in [0, 0.05) is 32.2 Å². The second-order valence-electron chi connectivity index (χ2n) is 12.1. The van der Waals surface area contributed by atoms with E-state index in [1.165, 1.54) is 16.3 Å². The Kier molecular flexibility index (Phi) is 8.64. The number of pyridine rings is 1. The summed E-state index contributed by atoms with van der Waals surface area (Å²) in [5.74, 6) is 1.17. The Labute approximate surface area is 224 Å². The molecule has 0 spiro atoms. The van der Waals surface area contributed by atoms with Gasteiger partial charge in [-0.1, -0.05) is 59.7 Å². The molecule has 0 amide bonds. The van der Waals surface area contributed by atoms with Crippen molar-refractivity contribution in [2.45, 2.75) is 78.9 Å². The van der Waals surface area contributed by atoms with Gasteiger partial charge in [0.2, 0.25) is 0 Å². The van der Waals surface area contributed by atoms with E-state index in [1.54, 1.807) is 0 Å². The van der Waals surface area contributed by atoms with Crippen molar-refractivity contribution in [1.29, 1.82) is 0 Å². The molecule has 4 atom stereocenters. The van der Waals surface area contributed by atoms with E-state index in [9.17, 15) is 10.2 Å². The van der Waals surface area contributed by atoms with Gasteiger partial charge >= 0.3 is 0 Å². The molecule has 1 radical (unpaired) electrons. The van der Waals surface area contributed by atoms with Crippen LogP contribution >= 0.6 is 0 Å². The van der Waals surface area contributed by atoms with Gasteiger partial charge < -0.3 is 15.2 Å². The fourth-order valence-electron chi connectivity index (χ4n) is 5.88. The second-order valence-corrected chi connectivity index (χ2v) is 12.1. The van der Waals surface area contributed by atoms with Crippen LogP contribution in [-0.2, 0) is 20.1 Å². The molecule has 1 heterocycles. The molecule has 5 rings (SSSR count). The van der Waals surface area contributed by atoms with Crippen LogP contribution in [0.4, 0.5) is 0 Å². The summed E-state index contributed by atoms with van der Waals surface area (Å²) in [4.78, 5) is 4.55. The zero-order valence-electron chi connectivity index (χ0n) is 21.9. The molecule has 0 aliphatic heterocycles. The van der Waals surface area contributed by atoms with Gasteiger partial charge in [0.05, 0.1) is 12.2 Å². The number of aliphatic hydroxyl groups is 2. The number of nitrogens with zero attached hydrogens (tertiary/aromatic N) is 1. The van der Waals surface area contributed by atoms with E-state index in [0.29, 0.717) is 11.8 Å². The van der Waals surface area contributed by atoms with Crippen molar-refractivity contribution in [2.75, 3.05) is 0 Å². The van der Waals surface area contributed by atoms with Gasteiger partial charge in [0.1, 0.15) is 0 Å². The zero-order chi connectivity index (χ0) is 24.7. The first-order valence-electron chi connectivity index (χ1n) is 12.7. The average molecular weight is 651 g/mol. The minimum absolute atomic E-state index is 0. The van der Waals surface area contributed by atoms with E-state index in [2.05, 4.69) is 76.9 Å². The van der Waals surface area contributed by atoms with E-state index in [1.807, 2.05) is 30.5 Å². The van der Waals surface area contributed by atoms with Gasteiger partial charge in [0.25, 0.3) is 0 Å². The van der Waals surface area contributed by atoms with Crippen molar-refractivity contribution in [3.8, 4) is 11.3 Å². The van der Waals surface area contributed by atoms with Crippen molar-refractivity contribution in [3.05, 3.63) is 66.4 Å². The monoisotopic (exact) mass is 651 g/mol. The van der Waals surface area contributed by atoms with E-state index < -0.39 is 0 Å². The van der Waals surface area contributed by atoms with Crippen molar-refractivity contribution in [1.82, 2.24) is 4.98 Å². The third kappa shape index (κ3) is 5.88. The molecule has 2 fully saturated rings. The predicted octanol–water partition coefficient (Wildman–Crippen LogP) is 7.01. The Hall–Kier alpha value is -1.58. The summed E-state index contributed by atoms with van der Waals surface area (Å²) >= 11 is 0. The average Bonchev–Trinajstić information content (AvgIpc) is 3.05. The maximum Gasteiger partial charge on any atom is 0.0646 e. The van der Waals surface area contributed by atoms with E-state index in [4.69, 9.17) is 0 Å². The summed E-state index contributed by atoms with van der Waals surface area (Å²) in [7, 11) is 0. The fourth-order valence-corrected chi connectivity index (χ4v) is 5.88. The molecule has 0 bridgehead atoms. The van der Waals surface area contributed by atoms with Gasteiger partial charge in [-0.3, -0.25) is 0 Å². The molecule has 0 saturated heterocycles. The Morgan fingerprint density at radius 2 is 1.66 bits per heavy atom. The maximum atomic E-state index is 10.3. The van der Waals surface area contributed by atoms with E-state index >= 15 is 0 Å². The second kappa shape index (κ2) is 10.8. The van der Waals surface area contributed by atoms with Crippen LogP contribution in [0.2, 0.25) is 0 Å². The zero-order valence-corrected chi connectivity index (χ0v) is 24.3. The number of benzene rings is 2. The third-order valence-corrected chi connectivity index (χ3v) is 8.22. The first-order chi connectivity index (χ1) is 16.0. The molecular formula is C31H40IrNO2-. The van der Waals surface area contributed by atoms with Crippen LogP contribution in [0, 0.1) is 28.7 Å². The predicted molar refractivity (Wildman–Crippen MR) is 141 cm³/mol. The van der Waals surface area contributed by atoms with Gasteiger partial charge in [0.15, 0.2) is 0 Å². The summed E-state index contributed by atoms with van der Waals surface area (Å²) < 4.78 is 0. The van der Waals surface area contributed by atoms with E-state index in [0.717, 1.165) is 30.5 Å². The Morgan fingerprint density at radius 3 is 2.31 bits per heavy atom. The van der Waals surface area contributed by atoms with Crippen LogP contribution in [0.25, 0.3) is 22.0 Å². The summed E-state index contributed by atoms with van der Waals surface area (Å²) in [6.45, 7) is 12.9. The molecule has 2 aliphatic rings. The summed E-state index contributed by atoms with van der Waals surface area (Å²) in [5, 5.41) is 23.1. The van der Waals surface area contributed by atoms with Gasteiger partial charge in [-0.15, -0.1) is 35.9 Å². The number of rotatable bonds is 2. The topological polar surface area (TPSA) is 53.4 Å².